The molecule has 14 heteroatoms. The molecular formula is C39H64O14. The fourth-order valence-corrected chi connectivity index (χ4v) is 13.1. The van der Waals surface area contributed by atoms with Gasteiger partial charge in [-0.1, -0.05) is 27.7 Å². The van der Waals surface area contributed by atoms with E-state index in [1.54, 1.807) is 0 Å². The summed E-state index contributed by atoms with van der Waals surface area (Å²) in [6.07, 6.45) is -7.33. The number of rotatable bonds is 6. The van der Waals surface area contributed by atoms with Crippen LogP contribution in [0.2, 0.25) is 0 Å². The van der Waals surface area contributed by atoms with Gasteiger partial charge in [-0.25, -0.2) is 0 Å². The summed E-state index contributed by atoms with van der Waals surface area (Å²) in [5, 5.41) is 84.9. The Morgan fingerprint density at radius 1 is 0.698 bits per heavy atom. The highest BCUT2D eigenvalue weighted by Gasteiger charge is 2.71. The van der Waals surface area contributed by atoms with E-state index in [0.29, 0.717) is 36.0 Å². The Labute approximate surface area is 312 Å². The van der Waals surface area contributed by atoms with Crippen LogP contribution in [0.4, 0.5) is 0 Å². The van der Waals surface area contributed by atoms with E-state index in [-0.39, 0.29) is 34.9 Å². The molecule has 0 aromatic heterocycles. The van der Waals surface area contributed by atoms with E-state index in [1.807, 2.05) is 0 Å². The molecule has 4 aliphatic carbocycles. The van der Waals surface area contributed by atoms with Gasteiger partial charge in [0.15, 0.2) is 18.4 Å². The van der Waals surface area contributed by atoms with Crippen molar-refractivity contribution in [2.45, 2.75) is 171 Å². The van der Waals surface area contributed by atoms with Crippen LogP contribution in [0, 0.1) is 52.3 Å². The number of fused-ring (bicyclic) bond motifs is 7. The van der Waals surface area contributed by atoms with Gasteiger partial charge < -0.3 is 69.3 Å². The van der Waals surface area contributed by atoms with Gasteiger partial charge in [-0.15, -0.1) is 0 Å². The van der Waals surface area contributed by atoms with Crippen LogP contribution >= 0.6 is 0 Å². The second-order valence-corrected chi connectivity index (χ2v) is 18.8. The lowest BCUT2D eigenvalue weighted by molar-refractivity contribution is -0.373. The molecule has 304 valence electrons. The Bertz CT molecular complexity index is 1300. The van der Waals surface area contributed by atoms with E-state index in [9.17, 15) is 40.9 Å². The van der Waals surface area contributed by atoms with Gasteiger partial charge in [0.05, 0.1) is 38.1 Å². The molecule has 0 amide bonds. The summed E-state index contributed by atoms with van der Waals surface area (Å²) in [6.45, 7) is 8.75. The molecule has 8 rings (SSSR count). The minimum absolute atomic E-state index is 0.0118. The summed E-state index contributed by atoms with van der Waals surface area (Å²) in [6, 6.07) is 0. The summed E-state index contributed by atoms with van der Waals surface area (Å²) in [4.78, 5) is 0. The summed E-state index contributed by atoms with van der Waals surface area (Å²) < 4.78 is 37.3. The maximum Gasteiger partial charge on any atom is 0.187 e. The number of aliphatic hydroxyl groups excluding tert-OH is 8. The molecule has 23 unspecified atom stereocenters. The summed E-state index contributed by atoms with van der Waals surface area (Å²) in [7, 11) is 0. The lowest BCUT2D eigenvalue weighted by Gasteiger charge is -2.62. The summed E-state index contributed by atoms with van der Waals surface area (Å²) >= 11 is 0. The van der Waals surface area contributed by atoms with Gasteiger partial charge in [0.2, 0.25) is 0 Å². The van der Waals surface area contributed by atoms with Crippen molar-refractivity contribution in [3.63, 3.8) is 0 Å². The molecule has 0 aromatic carbocycles. The van der Waals surface area contributed by atoms with Crippen LogP contribution in [0.1, 0.15) is 85.5 Å². The second-order valence-electron chi connectivity index (χ2n) is 18.8. The van der Waals surface area contributed by atoms with Crippen LogP contribution in [0.5, 0.6) is 0 Å². The van der Waals surface area contributed by atoms with Crippen molar-refractivity contribution in [3.05, 3.63) is 0 Å². The van der Waals surface area contributed by atoms with Crippen molar-refractivity contribution in [3.8, 4) is 0 Å². The largest absolute Gasteiger partial charge is 0.394 e. The highest BCUT2D eigenvalue weighted by molar-refractivity contribution is 5.18. The van der Waals surface area contributed by atoms with Crippen LogP contribution in [0.3, 0.4) is 0 Å². The molecule has 4 saturated heterocycles. The third-order valence-electron chi connectivity index (χ3n) is 16.3. The number of ether oxygens (including phenoxy) is 6. The maximum absolute atomic E-state index is 12.2. The average molecular weight is 757 g/mol. The van der Waals surface area contributed by atoms with Gasteiger partial charge in [0.25, 0.3) is 0 Å². The van der Waals surface area contributed by atoms with Gasteiger partial charge in [-0.3, -0.25) is 0 Å². The van der Waals surface area contributed by atoms with Crippen LogP contribution < -0.4 is 0 Å². The number of hydrogen-bond acceptors (Lipinski definition) is 14. The van der Waals surface area contributed by atoms with Gasteiger partial charge in [0.1, 0.15) is 48.8 Å². The van der Waals surface area contributed by atoms with Crippen LogP contribution in [0.25, 0.3) is 0 Å². The van der Waals surface area contributed by atoms with Gasteiger partial charge in [-0.05, 0) is 86.4 Å². The first-order valence-corrected chi connectivity index (χ1v) is 20.4. The molecule has 8 fully saturated rings. The molecule has 4 saturated carbocycles. The first-order valence-electron chi connectivity index (χ1n) is 20.4. The SMILES string of the molecule is CC1CCC2(OC1)OC1CC3C4CCC5CC(OC6OC(CO)C(O)C(O)C6OC6OC(CO)C(O)C(O)C6O)CCC5(C)C4CC(O)C3(C)C1C2C. The molecular weight excluding hydrogens is 692 g/mol. The molecule has 4 heterocycles. The van der Waals surface area contributed by atoms with E-state index < -0.39 is 86.5 Å². The van der Waals surface area contributed by atoms with Crippen molar-refractivity contribution < 1.29 is 69.3 Å². The zero-order valence-corrected chi connectivity index (χ0v) is 31.6. The third kappa shape index (κ3) is 6.11. The van der Waals surface area contributed by atoms with Gasteiger partial charge in [0, 0.05) is 23.7 Å². The molecule has 4 aliphatic heterocycles. The fourth-order valence-electron chi connectivity index (χ4n) is 13.1. The molecule has 0 radical (unpaired) electrons. The van der Waals surface area contributed by atoms with Crippen molar-refractivity contribution >= 4 is 0 Å². The predicted octanol–water partition coefficient (Wildman–Crippen LogP) is 0.413. The van der Waals surface area contributed by atoms with Gasteiger partial charge in [-0.2, -0.15) is 0 Å². The first-order chi connectivity index (χ1) is 25.2. The van der Waals surface area contributed by atoms with E-state index in [1.165, 1.54) is 0 Å². The fraction of sp³-hybridized carbons (Fsp3) is 1.00. The molecule has 0 aromatic rings. The number of aliphatic hydroxyl groups is 8. The average Bonchev–Trinajstić information content (AvgIpc) is 3.59. The molecule has 8 N–H and O–H groups in total. The number of hydrogen-bond donors (Lipinski definition) is 8. The van der Waals surface area contributed by atoms with E-state index in [0.717, 1.165) is 58.0 Å². The van der Waals surface area contributed by atoms with Crippen molar-refractivity contribution in [1.82, 2.24) is 0 Å². The minimum atomic E-state index is -1.73. The van der Waals surface area contributed by atoms with E-state index >= 15 is 0 Å². The highest BCUT2D eigenvalue weighted by atomic mass is 16.8. The molecule has 8 aliphatic rings. The first kappa shape index (κ1) is 39.3. The lowest BCUT2D eigenvalue weighted by Crippen LogP contribution is -2.65. The Hall–Kier alpha value is -0.560. The highest BCUT2D eigenvalue weighted by Crippen LogP contribution is 2.71. The topological polar surface area (TPSA) is 217 Å². The lowest BCUT2D eigenvalue weighted by atomic mass is 9.43. The summed E-state index contributed by atoms with van der Waals surface area (Å²) in [5.41, 5.74) is -0.240. The van der Waals surface area contributed by atoms with E-state index in [2.05, 4.69) is 27.7 Å². The second kappa shape index (κ2) is 14.4. The molecule has 1 spiro atoms. The Kier molecular flexibility index (Phi) is 10.6. The smallest absolute Gasteiger partial charge is 0.187 e. The van der Waals surface area contributed by atoms with Crippen LogP contribution in [-0.2, 0) is 28.4 Å². The quantitative estimate of drug-likeness (QED) is 0.173. The van der Waals surface area contributed by atoms with Gasteiger partial charge >= 0.3 is 0 Å². The molecule has 0 bridgehead atoms. The van der Waals surface area contributed by atoms with Crippen molar-refractivity contribution in [1.29, 1.82) is 0 Å². The third-order valence-corrected chi connectivity index (χ3v) is 16.3. The minimum Gasteiger partial charge on any atom is -0.394 e. The Morgan fingerprint density at radius 3 is 2.08 bits per heavy atom. The van der Waals surface area contributed by atoms with Crippen LogP contribution in [-0.4, -0.2) is 146 Å². The predicted molar refractivity (Wildman–Crippen MR) is 184 cm³/mol. The van der Waals surface area contributed by atoms with E-state index in [4.69, 9.17) is 28.4 Å². The molecule has 14 nitrogen and oxygen atoms in total. The maximum atomic E-state index is 12.2. The monoisotopic (exact) mass is 756 g/mol. The standard InChI is InChI=1S/C39H64O14/c1-17-7-10-39(48-16-17)18(2)28-24(53-39)12-23-21-6-5-19-11-20(8-9-37(19,3)22(21)13-27(42)38(23,28)4)49-36-34(32(46)30(44)26(15-41)51-36)52-35-33(47)31(45)29(43)25(14-40)50-35/h17-36,40-47H,5-16H2,1-4H3. The zero-order chi connectivity index (χ0) is 37.8. The molecule has 23 atom stereocenters. The Balaban J connectivity index is 0.957. The van der Waals surface area contributed by atoms with Crippen molar-refractivity contribution in [2.75, 3.05) is 19.8 Å². The van der Waals surface area contributed by atoms with Crippen LogP contribution in [0.15, 0.2) is 0 Å². The Morgan fingerprint density at radius 2 is 1.40 bits per heavy atom. The van der Waals surface area contributed by atoms with Crippen molar-refractivity contribution in [2.24, 2.45) is 52.3 Å². The molecule has 53 heavy (non-hydrogen) atoms. The normalized spacial score (nSPS) is 59.5. The zero-order valence-electron chi connectivity index (χ0n) is 31.6. The summed E-state index contributed by atoms with van der Waals surface area (Å²) in [5.74, 6) is 2.03.